The van der Waals surface area contributed by atoms with Gasteiger partial charge >= 0.3 is 0 Å². The number of anilines is 1. The van der Waals surface area contributed by atoms with Gasteiger partial charge in [0, 0.05) is 5.69 Å². The molecule has 0 amide bonds. The first-order valence-electron chi connectivity index (χ1n) is 5.98. The fourth-order valence-corrected chi connectivity index (χ4v) is 1.19. The third-order valence-electron chi connectivity index (χ3n) is 2.79. The lowest BCUT2D eigenvalue weighted by molar-refractivity contribution is 0.341. The zero-order valence-electron chi connectivity index (χ0n) is 11.4. The molecular formula is C14H20N4. The molecule has 0 saturated carbocycles. The third kappa shape index (κ3) is 4.46. The monoisotopic (exact) mass is 244 g/mol. The molecule has 0 spiro atoms. The van der Waals surface area contributed by atoms with Crippen LogP contribution < -0.4 is 10.6 Å². The van der Waals surface area contributed by atoms with Gasteiger partial charge in [-0.1, -0.05) is 39.0 Å². The summed E-state index contributed by atoms with van der Waals surface area (Å²) in [6.45, 7) is 8.39. The highest BCUT2D eigenvalue weighted by atomic mass is 15.2. The normalized spacial score (nSPS) is 13.6. The molecule has 18 heavy (non-hydrogen) atoms. The van der Waals surface area contributed by atoms with Crippen molar-refractivity contribution in [2.45, 2.75) is 33.7 Å². The van der Waals surface area contributed by atoms with Crippen LogP contribution in [0.1, 0.15) is 27.7 Å². The summed E-state index contributed by atoms with van der Waals surface area (Å²) in [6, 6.07) is 9.76. The third-order valence-corrected chi connectivity index (χ3v) is 2.79. The molecule has 0 aliphatic rings. The predicted molar refractivity (Wildman–Crippen MR) is 75.2 cm³/mol. The molecule has 0 saturated heterocycles. The Kier molecular flexibility index (Phi) is 4.73. The lowest BCUT2D eigenvalue weighted by Crippen LogP contribution is -2.31. The second kappa shape index (κ2) is 6.06. The largest absolute Gasteiger partial charge is 0.326 e. The fraction of sp³-hybridized carbons (Fsp3) is 0.429. The van der Waals surface area contributed by atoms with E-state index in [-0.39, 0.29) is 11.5 Å². The Morgan fingerprint density at radius 3 is 2.39 bits per heavy atom. The van der Waals surface area contributed by atoms with Gasteiger partial charge in [0.1, 0.15) is 0 Å². The van der Waals surface area contributed by atoms with Gasteiger partial charge in [-0.3, -0.25) is 5.32 Å². The van der Waals surface area contributed by atoms with Crippen molar-refractivity contribution in [3.63, 3.8) is 0 Å². The highest BCUT2D eigenvalue weighted by Gasteiger charge is 2.19. The standard InChI is InChI=1S/C14H20N4/c1-11(14(2,3)4)17-13(16-10-15)18-12-8-6-5-7-9-12/h5-9,11H,1-4H3,(H2,16,17,18)/t11-/m1/s1. The van der Waals surface area contributed by atoms with Crippen molar-refractivity contribution in [1.29, 1.82) is 5.26 Å². The number of nitriles is 1. The van der Waals surface area contributed by atoms with Crippen LogP contribution in [0, 0.1) is 16.9 Å². The minimum Gasteiger partial charge on any atom is -0.326 e. The van der Waals surface area contributed by atoms with Crippen LogP contribution >= 0.6 is 0 Å². The van der Waals surface area contributed by atoms with Crippen LogP contribution in [0.4, 0.5) is 5.69 Å². The molecule has 1 aromatic carbocycles. The number of hydrogen-bond donors (Lipinski definition) is 2. The van der Waals surface area contributed by atoms with Gasteiger partial charge in [0.05, 0.1) is 6.04 Å². The summed E-state index contributed by atoms with van der Waals surface area (Å²) in [7, 11) is 0. The van der Waals surface area contributed by atoms with Gasteiger partial charge in [0.25, 0.3) is 0 Å². The topological polar surface area (TPSA) is 60.2 Å². The first kappa shape index (κ1) is 14.0. The molecule has 0 radical (unpaired) electrons. The Balaban J connectivity index is 2.84. The van der Waals surface area contributed by atoms with E-state index in [1.165, 1.54) is 0 Å². The Morgan fingerprint density at radius 2 is 1.89 bits per heavy atom. The smallest absolute Gasteiger partial charge is 0.209 e. The van der Waals surface area contributed by atoms with E-state index in [4.69, 9.17) is 5.26 Å². The molecule has 4 heteroatoms. The van der Waals surface area contributed by atoms with Crippen LogP contribution in [0.25, 0.3) is 0 Å². The number of nitrogens with zero attached hydrogens (tertiary/aromatic N) is 2. The summed E-state index contributed by atoms with van der Waals surface area (Å²) >= 11 is 0. The molecule has 1 atom stereocenters. The number of aliphatic imine (C=N–C) groups is 1. The maximum absolute atomic E-state index is 8.75. The van der Waals surface area contributed by atoms with Crippen LogP contribution in [-0.2, 0) is 0 Å². The van der Waals surface area contributed by atoms with Gasteiger partial charge < -0.3 is 5.32 Å². The van der Waals surface area contributed by atoms with Crippen molar-refractivity contribution >= 4 is 11.6 Å². The van der Waals surface area contributed by atoms with Gasteiger partial charge in [0.15, 0.2) is 6.19 Å². The molecule has 0 bridgehead atoms. The molecule has 4 nitrogen and oxygen atoms in total. The van der Waals surface area contributed by atoms with E-state index in [2.05, 4.69) is 36.4 Å². The first-order valence-corrected chi connectivity index (χ1v) is 5.98. The first-order chi connectivity index (χ1) is 8.43. The zero-order valence-corrected chi connectivity index (χ0v) is 11.4. The number of rotatable bonds is 2. The Labute approximate surface area is 109 Å². The van der Waals surface area contributed by atoms with E-state index < -0.39 is 0 Å². The molecule has 0 unspecified atom stereocenters. The maximum Gasteiger partial charge on any atom is 0.209 e. The molecular weight excluding hydrogens is 224 g/mol. The maximum atomic E-state index is 8.75. The van der Waals surface area contributed by atoms with Gasteiger partial charge in [-0.15, -0.1) is 0 Å². The Hall–Kier alpha value is -2.02. The van der Waals surface area contributed by atoms with Crippen LogP contribution in [0.5, 0.6) is 0 Å². The number of para-hydroxylation sites is 1. The molecule has 0 aromatic heterocycles. The van der Waals surface area contributed by atoms with E-state index in [0.717, 1.165) is 5.69 Å². The molecule has 1 aromatic rings. The van der Waals surface area contributed by atoms with Gasteiger partial charge in [-0.05, 0) is 24.5 Å². The van der Waals surface area contributed by atoms with Crippen LogP contribution in [-0.4, -0.2) is 12.0 Å². The summed E-state index contributed by atoms with van der Waals surface area (Å²) < 4.78 is 0. The lowest BCUT2D eigenvalue weighted by atomic mass is 9.88. The second-order valence-electron chi connectivity index (χ2n) is 5.25. The Morgan fingerprint density at radius 1 is 1.28 bits per heavy atom. The average Bonchev–Trinajstić information content (AvgIpc) is 2.29. The quantitative estimate of drug-likeness (QED) is 0.364. The summed E-state index contributed by atoms with van der Waals surface area (Å²) in [6.07, 6.45) is 1.90. The van der Waals surface area contributed by atoms with Crippen molar-refractivity contribution in [2.24, 2.45) is 10.4 Å². The van der Waals surface area contributed by atoms with Crippen molar-refractivity contribution in [3.05, 3.63) is 30.3 Å². The van der Waals surface area contributed by atoms with E-state index in [9.17, 15) is 0 Å². The lowest BCUT2D eigenvalue weighted by Gasteiger charge is -2.24. The number of guanidine groups is 1. The van der Waals surface area contributed by atoms with Crippen molar-refractivity contribution < 1.29 is 0 Å². The minimum absolute atomic E-state index is 0.0563. The number of hydrogen-bond acceptors (Lipinski definition) is 2. The molecule has 0 aliphatic carbocycles. The zero-order chi connectivity index (χ0) is 13.6. The highest BCUT2D eigenvalue weighted by Crippen LogP contribution is 2.21. The summed E-state index contributed by atoms with van der Waals surface area (Å²) in [5, 5.41) is 14.4. The minimum atomic E-state index is 0.0563. The summed E-state index contributed by atoms with van der Waals surface area (Å²) in [5.41, 5.74) is 0.959. The van der Waals surface area contributed by atoms with Crippen molar-refractivity contribution in [1.82, 2.24) is 5.32 Å². The van der Waals surface area contributed by atoms with Crippen LogP contribution in [0.15, 0.2) is 35.3 Å². The second-order valence-corrected chi connectivity index (χ2v) is 5.25. The molecule has 96 valence electrons. The highest BCUT2D eigenvalue weighted by molar-refractivity contribution is 5.94. The van der Waals surface area contributed by atoms with Crippen molar-refractivity contribution in [2.75, 3.05) is 5.32 Å². The van der Waals surface area contributed by atoms with Crippen molar-refractivity contribution in [3.8, 4) is 6.19 Å². The van der Waals surface area contributed by atoms with E-state index in [0.29, 0.717) is 5.96 Å². The van der Waals surface area contributed by atoms with Gasteiger partial charge in [0.2, 0.25) is 5.96 Å². The summed E-state index contributed by atoms with van der Waals surface area (Å²) in [4.78, 5) is 4.50. The SMILES string of the molecule is C[C@@H](N=C(NC#N)Nc1ccccc1)C(C)(C)C. The Bertz CT molecular complexity index is 437. The van der Waals surface area contributed by atoms with E-state index in [1.807, 2.05) is 43.4 Å². The van der Waals surface area contributed by atoms with Gasteiger partial charge in [-0.25, -0.2) is 4.99 Å². The number of benzene rings is 1. The number of nitrogens with one attached hydrogen (secondary N) is 2. The van der Waals surface area contributed by atoms with Crippen LogP contribution in [0.3, 0.4) is 0 Å². The van der Waals surface area contributed by atoms with E-state index in [1.54, 1.807) is 0 Å². The van der Waals surface area contributed by atoms with Gasteiger partial charge in [-0.2, -0.15) is 5.26 Å². The molecule has 0 heterocycles. The van der Waals surface area contributed by atoms with E-state index >= 15 is 0 Å². The molecule has 0 fully saturated rings. The predicted octanol–water partition coefficient (Wildman–Crippen LogP) is 2.96. The average molecular weight is 244 g/mol. The molecule has 1 rings (SSSR count). The molecule has 0 aliphatic heterocycles. The summed E-state index contributed by atoms with van der Waals surface area (Å²) in [5.74, 6) is 0.478. The fourth-order valence-electron chi connectivity index (χ4n) is 1.19. The van der Waals surface area contributed by atoms with Crippen LogP contribution in [0.2, 0.25) is 0 Å². The molecule has 2 N–H and O–H groups in total.